The number of ether oxygens (including phenoxy) is 1. The number of hydrogen-bond donors (Lipinski definition) is 1. The fraction of sp³-hybridized carbons (Fsp3) is 0.417. The molecule has 1 atom stereocenters. The van der Waals surface area contributed by atoms with Crippen molar-refractivity contribution in [2.75, 3.05) is 12.5 Å². The van der Waals surface area contributed by atoms with Gasteiger partial charge in [0.05, 0.1) is 13.2 Å². The second kappa shape index (κ2) is 7.25. The molecule has 0 aliphatic carbocycles. The molecule has 1 N–H and O–H groups in total. The second-order valence-corrected chi connectivity index (χ2v) is 3.87. The molecule has 0 heterocycles. The maximum Gasteiger partial charge on any atom is 0.235 e. The molecule has 0 saturated carbocycles. The summed E-state index contributed by atoms with van der Waals surface area (Å²) < 4.78 is 5.47. The van der Waals surface area contributed by atoms with Crippen molar-refractivity contribution in [2.24, 2.45) is 0 Å². The van der Waals surface area contributed by atoms with Gasteiger partial charge in [0.25, 0.3) is 0 Å². The Hall–Kier alpha value is -1.06. The maximum absolute atomic E-state index is 11.0. The van der Waals surface area contributed by atoms with Crippen molar-refractivity contribution in [3.05, 3.63) is 35.9 Å². The van der Waals surface area contributed by atoms with Crippen molar-refractivity contribution in [3.8, 4) is 0 Å². The van der Waals surface area contributed by atoms with Crippen molar-refractivity contribution < 1.29 is 9.53 Å². The highest BCUT2D eigenvalue weighted by Crippen LogP contribution is 2.00. The maximum atomic E-state index is 11.0. The van der Waals surface area contributed by atoms with Gasteiger partial charge >= 0.3 is 0 Å². The van der Waals surface area contributed by atoms with Crippen LogP contribution in [0.15, 0.2) is 30.3 Å². The van der Waals surface area contributed by atoms with Gasteiger partial charge in [0.2, 0.25) is 5.91 Å². The Kier molecular flexibility index (Phi) is 5.90. The predicted octanol–water partition coefficient (Wildman–Crippen LogP) is 1.95. The molecule has 0 unspecified atom stereocenters. The highest BCUT2D eigenvalue weighted by atomic mass is 35.5. The van der Waals surface area contributed by atoms with Gasteiger partial charge in [0, 0.05) is 6.04 Å². The van der Waals surface area contributed by atoms with Crippen LogP contribution in [0.1, 0.15) is 12.5 Å². The number of amides is 1. The number of carbonyl (C=O) groups excluding carboxylic acids is 1. The highest BCUT2D eigenvalue weighted by molar-refractivity contribution is 6.27. The summed E-state index contributed by atoms with van der Waals surface area (Å²) in [5, 5.41) is 2.72. The first kappa shape index (κ1) is 13.0. The summed E-state index contributed by atoms with van der Waals surface area (Å²) in [6.45, 7) is 2.93. The predicted molar refractivity (Wildman–Crippen MR) is 64.4 cm³/mol. The van der Waals surface area contributed by atoms with E-state index in [9.17, 15) is 4.79 Å². The molecule has 88 valence electrons. The van der Waals surface area contributed by atoms with Crippen LogP contribution < -0.4 is 5.32 Å². The molecule has 0 radical (unpaired) electrons. The van der Waals surface area contributed by atoms with Crippen molar-refractivity contribution in [1.29, 1.82) is 0 Å². The van der Waals surface area contributed by atoms with Crippen LogP contribution in [0.5, 0.6) is 0 Å². The topological polar surface area (TPSA) is 38.3 Å². The van der Waals surface area contributed by atoms with Crippen LogP contribution in [0.2, 0.25) is 0 Å². The molecule has 16 heavy (non-hydrogen) atoms. The lowest BCUT2D eigenvalue weighted by Crippen LogP contribution is -2.36. The lowest BCUT2D eigenvalue weighted by atomic mass is 10.2. The van der Waals surface area contributed by atoms with Gasteiger partial charge in [-0.25, -0.2) is 0 Å². The normalized spacial score (nSPS) is 12.1. The lowest BCUT2D eigenvalue weighted by Gasteiger charge is -2.13. The van der Waals surface area contributed by atoms with Crippen molar-refractivity contribution in [2.45, 2.75) is 19.6 Å². The minimum Gasteiger partial charge on any atom is -0.375 e. The van der Waals surface area contributed by atoms with E-state index in [-0.39, 0.29) is 17.8 Å². The first-order valence-electron chi connectivity index (χ1n) is 5.19. The molecule has 0 fully saturated rings. The number of nitrogens with one attached hydrogen (secondary N) is 1. The summed E-state index contributed by atoms with van der Waals surface area (Å²) in [6.07, 6.45) is 0. The number of hydrogen-bond acceptors (Lipinski definition) is 2. The molecular formula is C12H16ClNO2. The molecule has 4 heteroatoms. The van der Waals surface area contributed by atoms with Crippen molar-refractivity contribution >= 4 is 17.5 Å². The number of rotatable bonds is 6. The Morgan fingerprint density at radius 2 is 2.12 bits per heavy atom. The van der Waals surface area contributed by atoms with Gasteiger partial charge in [0.15, 0.2) is 0 Å². The Bertz CT molecular complexity index is 316. The Morgan fingerprint density at radius 3 is 2.75 bits per heavy atom. The fourth-order valence-electron chi connectivity index (χ4n) is 1.28. The van der Waals surface area contributed by atoms with Crippen molar-refractivity contribution in [3.63, 3.8) is 0 Å². The molecule has 0 aliphatic heterocycles. The van der Waals surface area contributed by atoms with Crippen LogP contribution in [0, 0.1) is 0 Å². The molecule has 1 aromatic rings. The zero-order valence-electron chi connectivity index (χ0n) is 9.28. The highest BCUT2D eigenvalue weighted by Gasteiger charge is 2.05. The summed E-state index contributed by atoms with van der Waals surface area (Å²) in [5.74, 6) is -0.180. The quantitative estimate of drug-likeness (QED) is 0.774. The third-order valence-corrected chi connectivity index (χ3v) is 2.25. The van der Waals surface area contributed by atoms with E-state index >= 15 is 0 Å². The minimum atomic E-state index is -0.169. The van der Waals surface area contributed by atoms with Crippen LogP contribution in [0.4, 0.5) is 0 Å². The minimum absolute atomic E-state index is 0.0109. The van der Waals surface area contributed by atoms with Gasteiger partial charge < -0.3 is 10.1 Å². The number of carbonyl (C=O) groups is 1. The molecule has 0 aliphatic rings. The monoisotopic (exact) mass is 241 g/mol. The Morgan fingerprint density at radius 1 is 1.44 bits per heavy atom. The molecule has 1 rings (SSSR count). The summed E-state index contributed by atoms with van der Waals surface area (Å²) in [7, 11) is 0. The van der Waals surface area contributed by atoms with Gasteiger partial charge in [-0.15, -0.1) is 11.6 Å². The summed E-state index contributed by atoms with van der Waals surface area (Å²) >= 11 is 5.37. The largest absolute Gasteiger partial charge is 0.375 e. The first-order valence-corrected chi connectivity index (χ1v) is 5.73. The average Bonchev–Trinajstić information content (AvgIpc) is 2.30. The standard InChI is InChI=1S/C12H16ClNO2/c1-10(14-12(15)7-13)8-16-9-11-5-3-2-4-6-11/h2-6,10H,7-9H2,1H3,(H,14,15)/t10-/m0/s1. The van der Waals surface area contributed by atoms with E-state index in [1.807, 2.05) is 37.3 Å². The van der Waals surface area contributed by atoms with Crippen LogP contribution >= 0.6 is 11.6 Å². The number of alkyl halides is 1. The van der Waals surface area contributed by atoms with Crippen LogP contribution in [0.25, 0.3) is 0 Å². The average molecular weight is 242 g/mol. The molecular weight excluding hydrogens is 226 g/mol. The van der Waals surface area contributed by atoms with Crippen molar-refractivity contribution in [1.82, 2.24) is 5.32 Å². The van der Waals surface area contributed by atoms with E-state index in [1.54, 1.807) is 0 Å². The summed E-state index contributed by atoms with van der Waals surface area (Å²) in [4.78, 5) is 11.0. The number of halogens is 1. The second-order valence-electron chi connectivity index (χ2n) is 3.60. The molecule has 0 aromatic heterocycles. The summed E-state index contributed by atoms with van der Waals surface area (Å²) in [5.41, 5.74) is 1.12. The Balaban J connectivity index is 2.18. The molecule has 1 aromatic carbocycles. The van der Waals surface area contributed by atoms with Gasteiger partial charge in [-0.2, -0.15) is 0 Å². The number of benzene rings is 1. The van der Waals surface area contributed by atoms with Gasteiger partial charge in [-0.05, 0) is 12.5 Å². The van der Waals surface area contributed by atoms with E-state index in [1.165, 1.54) is 0 Å². The van der Waals surface area contributed by atoms with E-state index in [0.29, 0.717) is 13.2 Å². The van der Waals surface area contributed by atoms with Gasteiger partial charge in [0.1, 0.15) is 5.88 Å². The smallest absolute Gasteiger partial charge is 0.235 e. The third-order valence-electron chi connectivity index (χ3n) is 2.01. The van der Waals surface area contributed by atoms with E-state index in [0.717, 1.165) is 5.56 Å². The molecule has 1 amide bonds. The molecule has 3 nitrogen and oxygen atoms in total. The first-order chi connectivity index (χ1) is 7.72. The van der Waals surface area contributed by atoms with Gasteiger partial charge in [-0.1, -0.05) is 30.3 Å². The van der Waals surface area contributed by atoms with Crippen LogP contribution in [-0.2, 0) is 16.1 Å². The summed E-state index contributed by atoms with van der Waals surface area (Å²) in [6, 6.07) is 9.89. The van der Waals surface area contributed by atoms with E-state index in [4.69, 9.17) is 16.3 Å². The lowest BCUT2D eigenvalue weighted by molar-refractivity contribution is -0.119. The van der Waals surface area contributed by atoms with Crippen LogP contribution in [0.3, 0.4) is 0 Å². The fourth-order valence-corrected chi connectivity index (χ4v) is 1.36. The third kappa shape index (κ3) is 5.14. The SMILES string of the molecule is C[C@@H](COCc1ccccc1)NC(=O)CCl. The molecule has 0 bridgehead atoms. The van der Waals surface area contributed by atoms with Gasteiger partial charge in [-0.3, -0.25) is 4.79 Å². The molecule has 0 spiro atoms. The zero-order chi connectivity index (χ0) is 11.8. The Labute approximate surface area is 101 Å². The van der Waals surface area contributed by atoms with E-state index in [2.05, 4.69) is 5.32 Å². The molecule has 0 saturated heterocycles. The van der Waals surface area contributed by atoms with Crippen LogP contribution in [-0.4, -0.2) is 24.4 Å². The zero-order valence-corrected chi connectivity index (χ0v) is 10.0. The van der Waals surface area contributed by atoms with E-state index < -0.39 is 0 Å².